The number of nitrogens with zero attached hydrogens (tertiary/aromatic N) is 1. The van der Waals surface area contributed by atoms with Gasteiger partial charge in [0.25, 0.3) is 0 Å². The molecule has 5 heteroatoms. The van der Waals surface area contributed by atoms with Crippen LogP contribution in [-0.4, -0.2) is 18.0 Å². The molecule has 122 valence electrons. The van der Waals surface area contributed by atoms with Gasteiger partial charge in [-0.15, -0.1) is 11.3 Å². The molecule has 1 N–H and O–H groups in total. The maximum absolute atomic E-state index is 12.3. The summed E-state index contributed by atoms with van der Waals surface area (Å²) in [6.45, 7) is 1.94. The van der Waals surface area contributed by atoms with Crippen molar-refractivity contribution in [3.05, 3.63) is 65.2 Å². The van der Waals surface area contributed by atoms with Crippen LogP contribution >= 0.6 is 11.3 Å². The van der Waals surface area contributed by atoms with Gasteiger partial charge in [-0.25, -0.2) is 4.98 Å². The highest BCUT2D eigenvalue weighted by molar-refractivity contribution is 7.15. The zero-order chi connectivity index (χ0) is 16.9. The largest absolute Gasteiger partial charge is 0.497 e. The molecule has 24 heavy (non-hydrogen) atoms. The average molecular weight is 338 g/mol. The molecule has 1 aromatic heterocycles. The Labute approximate surface area is 145 Å². The molecule has 0 aliphatic carbocycles. The highest BCUT2D eigenvalue weighted by Gasteiger charge is 2.13. The Bertz CT molecular complexity index is 844. The van der Waals surface area contributed by atoms with Crippen LogP contribution in [0.5, 0.6) is 5.75 Å². The number of ether oxygens (including phenoxy) is 1. The molecule has 0 atom stereocenters. The smallest absolute Gasteiger partial charge is 0.229 e. The van der Waals surface area contributed by atoms with Crippen LogP contribution in [0.1, 0.15) is 10.6 Å². The number of rotatable bonds is 5. The number of hydrogen-bond acceptors (Lipinski definition) is 4. The van der Waals surface area contributed by atoms with Crippen molar-refractivity contribution < 1.29 is 9.53 Å². The molecule has 3 aromatic rings. The Balaban J connectivity index is 1.71. The van der Waals surface area contributed by atoms with Crippen molar-refractivity contribution in [1.82, 2.24) is 4.98 Å². The van der Waals surface area contributed by atoms with Crippen molar-refractivity contribution in [3.63, 3.8) is 0 Å². The van der Waals surface area contributed by atoms with E-state index in [1.165, 1.54) is 0 Å². The third-order valence-corrected chi connectivity index (χ3v) is 4.79. The van der Waals surface area contributed by atoms with E-state index in [1.807, 2.05) is 55.5 Å². The number of benzene rings is 2. The molecule has 1 amide bonds. The predicted molar refractivity (Wildman–Crippen MR) is 97.6 cm³/mol. The number of thiazole rings is 1. The zero-order valence-electron chi connectivity index (χ0n) is 13.6. The first-order chi connectivity index (χ1) is 11.7. The molecule has 1 heterocycles. The summed E-state index contributed by atoms with van der Waals surface area (Å²) in [7, 11) is 1.60. The van der Waals surface area contributed by atoms with Gasteiger partial charge in [0.05, 0.1) is 19.2 Å². The van der Waals surface area contributed by atoms with Crippen molar-refractivity contribution in [2.24, 2.45) is 0 Å². The Morgan fingerprint density at radius 1 is 1.17 bits per heavy atom. The van der Waals surface area contributed by atoms with E-state index in [-0.39, 0.29) is 5.91 Å². The van der Waals surface area contributed by atoms with Crippen molar-refractivity contribution in [1.29, 1.82) is 0 Å². The number of hydrogen-bond donors (Lipinski definition) is 1. The highest BCUT2D eigenvalue weighted by atomic mass is 32.1. The van der Waals surface area contributed by atoms with E-state index in [0.717, 1.165) is 26.8 Å². The van der Waals surface area contributed by atoms with Crippen molar-refractivity contribution >= 4 is 22.9 Å². The number of carbonyl (C=O) groups excluding carboxylic acids is 1. The minimum Gasteiger partial charge on any atom is -0.497 e. The Hall–Kier alpha value is -2.66. The lowest BCUT2D eigenvalue weighted by atomic mass is 10.2. The van der Waals surface area contributed by atoms with Gasteiger partial charge in [-0.05, 0) is 19.1 Å². The summed E-state index contributed by atoms with van der Waals surface area (Å²) >= 11 is 1.56. The lowest BCUT2D eigenvalue weighted by Gasteiger charge is -2.06. The van der Waals surface area contributed by atoms with Crippen LogP contribution < -0.4 is 10.1 Å². The molecule has 0 aliphatic heterocycles. The van der Waals surface area contributed by atoms with Crippen LogP contribution in [0.4, 0.5) is 5.69 Å². The summed E-state index contributed by atoms with van der Waals surface area (Å²) in [4.78, 5) is 17.9. The van der Waals surface area contributed by atoms with E-state index in [4.69, 9.17) is 4.74 Å². The van der Waals surface area contributed by atoms with Crippen LogP contribution in [0.25, 0.3) is 10.6 Å². The van der Waals surface area contributed by atoms with Gasteiger partial charge in [0, 0.05) is 22.2 Å². The Kier molecular flexibility index (Phi) is 4.91. The maximum Gasteiger partial charge on any atom is 0.229 e. The first kappa shape index (κ1) is 16.2. The summed E-state index contributed by atoms with van der Waals surface area (Å²) < 4.78 is 5.17. The lowest BCUT2D eigenvalue weighted by molar-refractivity contribution is -0.115. The first-order valence-corrected chi connectivity index (χ1v) is 8.43. The summed E-state index contributed by atoms with van der Waals surface area (Å²) in [6.07, 6.45) is 0.313. The lowest BCUT2D eigenvalue weighted by Crippen LogP contribution is -2.14. The van der Waals surface area contributed by atoms with Crippen molar-refractivity contribution in [2.45, 2.75) is 13.3 Å². The fourth-order valence-electron chi connectivity index (χ4n) is 2.35. The standard InChI is InChI=1S/C19H18N2O2S/c1-13-17(24-19(20-13)14-7-4-3-5-8-14)12-18(22)21-15-9-6-10-16(11-15)23-2/h3-11H,12H2,1-2H3,(H,21,22). The van der Waals surface area contributed by atoms with Gasteiger partial charge in [-0.1, -0.05) is 36.4 Å². The summed E-state index contributed by atoms with van der Waals surface area (Å²) in [5, 5.41) is 3.84. The van der Waals surface area contributed by atoms with Gasteiger partial charge in [0.2, 0.25) is 5.91 Å². The summed E-state index contributed by atoms with van der Waals surface area (Å²) in [5.74, 6) is 0.655. The Morgan fingerprint density at radius 2 is 1.96 bits per heavy atom. The highest BCUT2D eigenvalue weighted by Crippen LogP contribution is 2.28. The first-order valence-electron chi connectivity index (χ1n) is 7.61. The SMILES string of the molecule is COc1cccc(NC(=O)Cc2sc(-c3ccccc3)nc2C)c1. The molecule has 0 bridgehead atoms. The number of carbonyl (C=O) groups is 1. The van der Waals surface area contributed by atoms with E-state index in [1.54, 1.807) is 24.5 Å². The van der Waals surface area contributed by atoms with Crippen molar-refractivity contribution in [2.75, 3.05) is 12.4 Å². The molecule has 2 aromatic carbocycles. The van der Waals surface area contributed by atoms with Gasteiger partial charge in [-0.3, -0.25) is 4.79 Å². The second-order valence-electron chi connectivity index (χ2n) is 5.35. The van der Waals surface area contributed by atoms with Crippen LogP contribution in [0.15, 0.2) is 54.6 Å². The zero-order valence-corrected chi connectivity index (χ0v) is 14.4. The fraction of sp³-hybridized carbons (Fsp3) is 0.158. The molecule has 0 spiro atoms. The molecule has 4 nitrogen and oxygen atoms in total. The number of aromatic nitrogens is 1. The number of amides is 1. The van der Waals surface area contributed by atoms with Crippen LogP contribution in [0.3, 0.4) is 0 Å². The summed E-state index contributed by atoms with van der Waals surface area (Å²) in [6, 6.07) is 17.3. The monoisotopic (exact) mass is 338 g/mol. The summed E-state index contributed by atoms with van der Waals surface area (Å²) in [5.41, 5.74) is 2.70. The van der Waals surface area contributed by atoms with E-state index in [9.17, 15) is 4.79 Å². The van der Waals surface area contributed by atoms with E-state index in [2.05, 4.69) is 10.3 Å². The van der Waals surface area contributed by atoms with E-state index >= 15 is 0 Å². The second kappa shape index (κ2) is 7.27. The molecule has 0 fully saturated rings. The minimum atomic E-state index is -0.0605. The maximum atomic E-state index is 12.3. The van der Waals surface area contributed by atoms with Gasteiger partial charge in [0.1, 0.15) is 10.8 Å². The molecule has 0 saturated carbocycles. The molecule has 0 radical (unpaired) electrons. The van der Waals surface area contributed by atoms with Gasteiger partial charge < -0.3 is 10.1 Å². The number of aryl methyl sites for hydroxylation is 1. The van der Waals surface area contributed by atoms with Crippen LogP contribution in [0, 0.1) is 6.92 Å². The van der Waals surface area contributed by atoms with Gasteiger partial charge in [-0.2, -0.15) is 0 Å². The topological polar surface area (TPSA) is 51.2 Å². The number of nitrogens with one attached hydrogen (secondary N) is 1. The third-order valence-electron chi connectivity index (χ3n) is 3.59. The van der Waals surface area contributed by atoms with Crippen LogP contribution in [0.2, 0.25) is 0 Å². The van der Waals surface area contributed by atoms with Gasteiger partial charge in [0.15, 0.2) is 0 Å². The van der Waals surface area contributed by atoms with E-state index in [0.29, 0.717) is 12.2 Å². The van der Waals surface area contributed by atoms with Gasteiger partial charge >= 0.3 is 0 Å². The van der Waals surface area contributed by atoms with Crippen molar-refractivity contribution in [3.8, 4) is 16.3 Å². The predicted octanol–water partition coefficient (Wildman–Crippen LogP) is 4.31. The van der Waals surface area contributed by atoms with E-state index < -0.39 is 0 Å². The normalized spacial score (nSPS) is 10.4. The quantitative estimate of drug-likeness (QED) is 0.754. The molecule has 3 rings (SSSR count). The third kappa shape index (κ3) is 3.81. The minimum absolute atomic E-state index is 0.0605. The second-order valence-corrected chi connectivity index (χ2v) is 6.43. The average Bonchev–Trinajstić information content (AvgIpc) is 2.96. The number of anilines is 1. The molecule has 0 aliphatic rings. The molecule has 0 saturated heterocycles. The number of methoxy groups -OCH3 is 1. The molecule has 0 unspecified atom stereocenters. The molecular formula is C19H18N2O2S. The van der Waals surface area contributed by atoms with Crippen LogP contribution in [-0.2, 0) is 11.2 Å². The fourth-order valence-corrected chi connectivity index (χ4v) is 3.41. The molecular weight excluding hydrogens is 320 g/mol. The Morgan fingerprint density at radius 3 is 2.71 bits per heavy atom.